The predicted molar refractivity (Wildman–Crippen MR) is 117 cm³/mol. The van der Waals surface area contributed by atoms with Crippen LogP contribution >= 0.6 is 0 Å². The molecule has 6 heteroatoms. The van der Waals surface area contributed by atoms with Crippen molar-refractivity contribution in [2.75, 3.05) is 23.3 Å². The molecule has 2 amide bonds. The fourth-order valence-electron chi connectivity index (χ4n) is 3.73. The number of hydrogen-bond donors (Lipinski definition) is 2. The van der Waals surface area contributed by atoms with Gasteiger partial charge < -0.3 is 20.0 Å². The standard InChI is InChI=1S/C24H25N3O3/c1-17(18-8-3-2-4-9-18)25-23(28)20-16-19(26-24(29)22-10-7-15-30-22)11-12-21(20)27-13-5-6-14-27/h2-4,7-12,15-17H,5-6,13-14H2,1H3,(H,25,28)(H,26,29). The summed E-state index contributed by atoms with van der Waals surface area (Å²) >= 11 is 0. The van der Waals surface area contributed by atoms with Crippen LogP contribution in [-0.2, 0) is 0 Å². The molecule has 1 saturated heterocycles. The summed E-state index contributed by atoms with van der Waals surface area (Å²) in [5.41, 5.74) is 3.03. The fraction of sp³-hybridized carbons (Fsp3) is 0.250. The minimum absolute atomic E-state index is 0.133. The van der Waals surface area contributed by atoms with Crippen molar-refractivity contribution in [1.29, 1.82) is 0 Å². The number of nitrogens with zero attached hydrogens (tertiary/aromatic N) is 1. The second kappa shape index (κ2) is 8.86. The highest BCUT2D eigenvalue weighted by Crippen LogP contribution is 2.28. The Bertz CT molecular complexity index is 1010. The zero-order valence-corrected chi connectivity index (χ0v) is 16.9. The Morgan fingerprint density at radius 1 is 0.967 bits per heavy atom. The molecular weight excluding hydrogens is 378 g/mol. The van der Waals surface area contributed by atoms with E-state index in [1.54, 1.807) is 18.2 Å². The molecule has 2 N–H and O–H groups in total. The van der Waals surface area contributed by atoms with Crippen LogP contribution < -0.4 is 15.5 Å². The lowest BCUT2D eigenvalue weighted by molar-refractivity contribution is 0.0938. The number of amides is 2. The molecule has 1 atom stereocenters. The molecule has 4 rings (SSSR count). The van der Waals surface area contributed by atoms with Gasteiger partial charge in [0.15, 0.2) is 5.76 Å². The Morgan fingerprint density at radius 3 is 2.43 bits per heavy atom. The molecule has 6 nitrogen and oxygen atoms in total. The number of nitrogens with one attached hydrogen (secondary N) is 2. The van der Waals surface area contributed by atoms with Crippen LogP contribution in [0.4, 0.5) is 11.4 Å². The molecule has 0 bridgehead atoms. The Balaban J connectivity index is 1.59. The van der Waals surface area contributed by atoms with Crippen LogP contribution in [0.25, 0.3) is 0 Å². The van der Waals surface area contributed by atoms with E-state index in [1.807, 2.05) is 49.4 Å². The number of furan rings is 1. The Kier molecular flexibility index (Phi) is 5.84. The molecule has 30 heavy (non-hydrogen) atoms. The lowest BCUT2D eigenvalue weighted by Gasteiger charge is -2.23. The predicted octanol–water partition coefficient (Wildman–Crippen LogP) is 4.62. The minimum Gasteiger partial charge on any atom is -0.459 e. The van der Waals surface area contributed by atoms with Gasteiger partial charge in [0.25, 0.3) is 11.8 Å². The smallest absolute Gasteiger partial charge is 0.291 e. The Labute approximate surface area is 175 Å². The van der Waals surface area contributed by atoms with E-state index in [1.165, 1.54) is 6.26 Å². The average Bonchev–Trinajstić information content (AvgIpc) is 3.48. The van der Waals surface area contributed by atoms with E-state index >= 15 is 0 Å². The summed E-state index contributed by atoms with van der Waals surface area (Å²) in [6, 6.07) is 18.5. The lowest BCUT2D eigenvalue weighted by Crippen LogP contribution is -2.29. The van der Waals surface area contributed by atoms with Crippen LogP contribution in [0.2, 0.25) is 0 Å². The van der Waals surface area contributed by atoms with Crippen molar-refractivity contribution in [3.8, 4) is 0 Å². The topological polar surface area (TPSA) is 74.6 Å². The largest absolute Gasteiger partial charge is 0.459 e. The highest BCUT2D eigenvalue weighted by Gasteiger charge is 2.22. The normalized spacial score (nSPS) is 14.4. The first-order valence-electron chi connectivity index (χ1n) is 10.2. The van der Waals surface area contributed by atoms with Crippen LogP contribution in [-0.4, -0.2) is 24.9 Å². The number of hydrogen-bond acceptors (Lipinski definition) is 4. The molecule has 0 radical (unpaired) electrons. The van der Waals surface area contributed by atoms with Gasteiger partial charge in [-0.2, -0.15) is 0 Å². The maximum absolute atomic E-state index is 13.2. The van der Waals surface area contributed by atoms with E-state index in [4.69, 9.17) is 4.42 Å². The number of carbonyl (C=O) groups is 2. The SMILES string of the molecule is CC(NC(=O)c1cc(NC(=O)c2ccco2)ccc1N1CCCC1)c1ccccc1. The molecule has 1 unspecified atom stereocenters. The van der Waals surface area contributed by atoms with Crippen LogP contribution in [0.5, 0.6) is 0 Å². The van der Waals surface area contributed by atoms with E-state index in [2.05, 4.69) is 15.5 Å². The van der Waals surface area contributed by atoms with E-state index < -0.39 is 0 Å². The summed E-state index contributed by atoms with van der Waals surface area (Å²) in [4.78, 5) is 27.8. The highest BCUT2D eigenvalue weighted by molar-refractivity contribution is 6.05. The van der Waals surface area contributed by atoms with Crippen molar-refractivity contribution in [2.24, 2.45) is 0 Å². The molecule has 2 aromatic carbocycles. The molecule has 1 fully saturated rings. The first kappa shape index (κ1) is 19.8. The summed E-state index contributed by atoms with van der Waals surface area (Å²) in [5.74, 6) is -0.289. The lowest BCUT2D eigenvalue weighted by atomic mass is 10.1. The van der Waals surface area contributed by atoms with Crippen molar-refractivity contribution in [3.05, 3.63) is 83.8 Å². The maximum Gasteiger partial charge on any atom is 0.291 e. The van der Waals surface area contributed by atoms with Crippen molar-refractivity contribution < 1.29 is 14.0 Å². The molecule has 1 aromatic heterocycles. The van der Waals surface area contributed by atoms with E-state index in [0.717, 1.165) is 37.2 Å². The zero-order chi connectivity index (χ0) is 20.9. The molecule has 3 aromatic rings. The number of anilines is 2. The van der Waals surface area contributed by atoms with Gasteiger partial charge in [0.2, 0.25) is 0 Å². The van der Waals surface area contributed by atoms with E-state index in [-0.39, 0.29) is 23.6 Å². The zero-order valence-electron chi connectivity index (χ0n) is 16.9. The molecule has 1 aliphatic heterocycles. The fourth-order valence-corrected chi connectivity index (χ4v) is 3.73. The summed E-state index contributed by atoms with van der Waals surface area (Å²) in [6.07, 6.45) is 3.67. The Hall–Kier alpha value is -3.54. The summed E-state index contributed by atoms with van der Waals surface area (Å²) in [5, 5.41) is 5.90. The maximum atomic E-state index is 13.2. The number of benzene rings is 2. The first-order chi connectivity index (χ1) is 14.6. The molecule has 2 heterocycles. The molecule has 0 saturated carbocycles. The van der Waals surface area contributed by atoms with Crippen LogP contribution in [0.1, 0.15) is 52.3 Å². The van der Waals surface area contributed by atoms with Crippen molar-refractivity contribution >= 4 is 23.2 Å². The third-order valence-corrected chi connectivity index (χ3v) is 5.34. The van der Waals surface area contributed by atoms with Crippen molar-refractivity contribution in [1.82, 2.24) is 5.32 Å². The van der Waals surface area contributed by atoms with Gasteiger partial charge in [0.1, 0.15) is 0 Å². The van der Waals surface area contributed by atoms with Crippen molar-refractivity contribution in [3.63, 3.8) is 0 Å². The first-order valence-corrected chi connectivity index (χ1v) is 10.2. The third kappa shape index (κ3) is 4.38. The number of carbonyl (C=O) groups excluding carboxylic acids is 2. The van der Waals surface area contributed by atoms with E-state index in [9.17, 15) is 9.59 Å². The van der Waals surface area contributed by atoms with Gasteiger partial charge in [0, 0.05) is 24.5 Å². The summed E-state index contributed by atoms with van der Waals surface area (Å²) in [7, 11) is 0. The Morgan fingerprint density at radius 2 is 1.73 bits per heavy atom. The van der Waals surface area contributed by atoms with Crippen LogP contribution in [0.15, 0.2) is 71.3 Å². The van der Waals surface area contributed by atoms with Gasteiger partial charge >= 0.3 is 0 Å². The molecular formula is C24H25N3O3. The number of rotatable bonds is 6. The van der Waals surface area contributed by atoms with Gasteiger partial charge in [-0.05, 0) is 55.7 Å². The van der Waals surface area contributed by atoms with Gasteiger partial charge in [-0.1, -0.05) is 30.3 Å². The average molecular weight is 403 g/mol. The third-order valence-electron chi connectivity index (χ3n) is 5.34. The minimum atomic E-state index is -0.349. The van der Waals surface area contributed by atoms with Crippen LogP contribution in [0, 0.1) is 0 Å². The second-order valence-corrected chi connectivity index (χ2v) is 7.46. The van der Waals surface area contributed by atoms with Crippen molar-refractivity contribution in [2.45, 2.75) is 25.8 Å². The summed E-state index contributed by atoms with van der Waals surface area (Å²) < 4.78 is 5.15. The molecule has 1 aliphatic rings. The highest BCUT2D eigenvalue weighted by atomic mass is 16.3. The quantitative estimate of drug-likeness (QED) is 0.630. The molecule has 154 valence electrons. The van der Waals surface area contributed by atoms with Crippen LogP contribution in [0.3, 0.4) is 0 Å². The van der Waals surface area contributed by atoms with Gasteiger partial charge in [-0.3, -0.25) is 9.59 Å². The molecule has 0 spiro atoms. The monoisotopic (exact) mass is 403 g/mol. The van der Waals surface area contributed by atoms with E-state index in [0.29, 0.717) is 11.3 Å². The van der Waals surface area contributed by atoms with Gasteiger partial charge in [0.05, 0.1) is 17.9 Å². The van der Waals surface area contributed by atoms with Gasteiger partial charge in [-0.25, -0.2) is 0 Å². The summed E-state index contributed by atoms with van der Waals surface area (Å²) in [6.45, 7) is 3.81. The molecule has 0 aliphatic carbocycles. The second-order valence-electron chi connectivity index (χ2n) is 7.46. The van der Waals surface area contributed by atoms with Gasteiger partial charge in [-0.15, -0.1) is 0 Å².